The third kappa shape index (κ3) is 1.94. The van der Waals surface area contributed by atoms with Crippen molar-refractivity contribution in [1.82, 2.24) is 9.55 Å². The number of nitrogen functional groups attached to an aromatic ring is 1. The quantitative estimate of drug-likeness (QED) is 0.633. The van der Waals surface area contributed by atoms with Gasteiger partial charge in [0.2, 0.25) is 0 Å². The number of anilines is 1. The zero-order chi connectivity index (χ0) is 22.2. The summed E-state index contributed by atoms with van der Waals surface area (Å²) in [5.74, 6) is -3.15. The van der Waals surface area contributed by atoms with Gasteiger partial charge in [0.05, 0.1) is 17.3 Å². The van der Waals surface area contributed by atoms with Crippen molar-refractivity contribution in [2.45, 2.75) is 38.5 Å². The lowest BCUT2D eigenvalue weighted by Gasteiger charge is -2.34. The molecule has 0 bridgehead atoms. The summed E-state index contributed by atoms with van der Waals surface area (Å²) in [7, 11) is 0. The Hall–Kier alpha value is -2.50. The van der Waals surface area contributed by atoms with Gasteiger partial charge >= 0.3 is 0 Å². The average Bonchev–Trinajstić information content (AvgIpc) is 2.55. The predicted molar refractivity (Wildman–Crippen MR) is 82.7 cm³/mol. The predicted octanol–water partition coefficient (Wildman–Crippen LogP) is 1.32. The maximum Gasteiger partial charge on any atom is 0.264 e. The van der Waals surface area contributed by atoms with E-state index in [1.807, 2.05) is 0 Å². The Morgan fingerprint density at radius 1 is 1.41 bits per heavy atom. The molecule has 0 unspecified atom stereocenters. The summed E-state index contributed by atoms with van der Waals surface area (Å²) in [6, 6.07) is 4.30. The fourth-order valence-corrected chi connectivity index (χ4v) is 2.49. The smallest absolute Gasteiger partial charge is 0.264 e. The molecule has 1 fully saturated rings. The molecule has 1 aromatic heterocycles. The lowest BCUT2D eigenvalue weighted by Crippen LogP contribution is -2.49. The fraction of sp³-hybridized carbons (Fsp3) is 0.375. The Labute approximate surface area is 136 Å². The van der Waals surface area contributed by atoms with Crippen LogP contribution in [0.1, 0.15) is 41.4 Å². The van der Waals surface area contributed by atoms with Gasteiger partial charge in [0.15, 0.2) is 5.78 Å². The van der Waals surface area contributed by atoms with E-state index in [-0.39, 0.29) is 22.4 Å². The molecular formula is C16H17N3O3. The summed E-state index contributed by atoms with van der Waals surface area (Å²) < 4.78 is 56.8. The van der Waals surface area contributed by atoms with Crippen molar-refractivity contribution in [1.29, 1.82) is 0 Å². The SMILES string of the molecule is [2H]C1([2H])C(=O)CC(=O)[C@](n2c(C)nc3cccc(N)c3c2=O)(C([2H])([2H])[2H])C1([2H])[2H]. The van der Waals surface area contributed by atoms with Crippen LogP contribution in [0.15, 0.2) is 23.0 Å². The van der Waals surface area contributed by atoms with Crippen LogP contribution in [0.4, 0.5) is 5.69 Å². The molecule has 6 heteroatoms. The molecule has 1 saturated carbocycles. The van der Waals surface area contributed by atoms with Gasteiger partial charge in [0, 0.05) is 21.7 Å². The lowest BCUT2D eigenvalue weighted by atomic mass is 9.81. The van der Waals surface area contributed by atoms with Gasteiger partial charge < -0.3 is 5.73 Å². The number of Topliss-reactive ketones (excluding diaryl/α,β-unsaturated/α-hetero) is 2. The third-order valence-electron chi connectivity index (χ3n) is 3.54. The third-order valence-corrected chi connectivity index (χ3v) is 3.54. The zero-order valence-electron chi connectivity index (χ0n) is 18.6. The number of benzene rings is 1. The first kappa shape index (κ1) is 8.22. The van der Waals surface area contributed by atoms with Crippen LogP contribution >= 0.6 is 0 Å². The maximum atomic E-state index is 13.3. The molecule has 1 aromatic carbocycles. The van der Waals surface area contributed by atoms with E-state index < -0.39 is 48.7 Å². The van der Waals surface area contributed by atoms with Crippen LogP contribution in [0.2, 0.25) is 0 Å². The molecule has 3 rings (SSSR count). The molecular weight excluding hydrogens is 282 g/mol. The van der Waals surface area contributed by atoms with Crippen molar-refractivity contribution < 1.29 is 19.2 Å². The molecule has 1 heterocycles. The minimum absolute atomic E-state index is 0.0719. The van der Waals surface area contributed by atoms with Gasteiger partial charge in [-0.15, -0.1) is 0 Å². The summed E-state index contributed by atoms with van der Waals surface area (Å²) >= 11 is 0. The van der Waals surface area contributed by atoms with Gasteiger partial charge in [-0.25, -0.2) is 4.98 Å². The number of carbonyl (C=O) groups is 2. The number of carbonyl (C=O) groups excluding carboxylic acids is 2. The molecule has 1 atom stereocenters. The standard InChI is InChI=1S/C16H17N3O3/c1-9-18-12-5-3-4-11(17)14(12)15(22)19(9)16(2)7-6-10(20)8-13(16)21/h3-5H,6-8,17H2,1-2H3/t16-/m0/s1/i2D3,6D2,7D2. The number of hydrogen-bond donors (Lipinski definition) is 1. The van der Waals surface area contributed by atoms with E-state index in [1.54, 1.807) is 0 Å². The second-order valence-electron chi connectivity index (χ2n) is 5.02. The highest BCUT2D eigenvalue weighted by Crippen LogP contribution is 2.30. The molecule has 0 radical (unpaired) electrons. The van der Waals surface area contributed by atoms with Crippen molar-refractivity contribution >= 4 is 28.2 Å². The van der Waals surface area contributed by atoms with Crippen molar-refractivity contribution in [2.75, 3.05) is 5.73 Å². The lowest BCUT2D eigenvalue weighted by molar-refractivity contribution is -0.136. The van der Waals surface area contributed by atoms with Crippen molar-refractivity contribution in [2.24, 2.45) is 0 Å². The van der Waals surface area contributed by atoms with Crippen LogP contribution in [-0.2, 0) is 15.1 Å². The van der Waals surface area contributed by atoms with Crippen molar-refractivity contribution in [3.8, 4) is 0 Å². The van der Waals surface area contributed by atoms with Crippen molar-refractivity contribution in [3.63, 3.8) is 0 Å². The van der Waals surface area contributed by atoms with Gasteiger partial charge in [-0.2, -0.15) is 0 Å². The average molecular weight is 306 g/mol. The molecule has 0 saturated heterocycles. The largest absolute Gasteiger partial charge is 0.398 e. The number of aryl methyl sites for hydroxylation is 1. The van der Waals surface area contributed by atoms with Crippen LogP contribution in [0, 0.1) is 6.92 Å². The van der Waals surface area contributed by atoms with Crippen LogP contribution in [0.25, 0.3) is 10.9 Å². The van der Waals surface area contributed by atoms with E-state index in [4.69, 9.17) is 15.3 Å². The molecule has 2 N–H and O–H groups in total. The maximum absolute atomic E-state index is 13.3. The van der Waals surface area contributed by atoms with E-state index >= 15 is 0 Å². The van der Waals surface area contributed by atoms with Crippen molar-refractivity contribution in [3.05, 3.63) is 34.4 Å². The molecule has 22 heavy (non-hydrogen) atoms. The Balaban J connectivity index is 2.60. The Kier molecular flexibility index (Phi) is 1.78. The summed E-state index contributed by atoms with van der Waals surface area (Å²) in [5, 5.41) is -0.234. The van der Waals surface area contributed by atoms with E-state index in [9.17, 15) is 14.4 Å². The summed E-state index contributed by atoms with van der Waals surface area (Å²) in [6.45, 7) is -2.33. The number of hydrogen-bond acceptors (Lipinski definition) is 5. The van der Waals surface area contributed by atoms with Gasteiger partial charge in [0.25, 0.3) is 5.56 Å². The number of rotatable bonds is 1. The Morgan fingerprint density at radius 3 is 2.91 bits per heavy atom. The molecule has 6 nitrogen and oxygen atoms in total. The monoisotopic (exact) mass is 306 g/mol. The highest BCUT2D eigenvalue weighted by atomic mass is 16.2. The van der Waals surface area contributed by atoms with Crippen LogP contribution in [0.5, 0.6) is 0 Å². The van der Waals surface area contributed by atoms with Gasteiger partial charge in [-0.3, -0.25) is 19.0 Å². The van der Waals surface area contributed by atoms with Gasteiger partial charge in [-0.1, -0.05) is 6.07 Å². The number of nitrogens with two attached hydrogens (primary N) is 1. The summed E-state index contributed by atoms with van der Waals surface area (Å²) in [6.07, 6.45) is -8.12. The van der Waals surface area contributed by atoms with E-state index in [0.29, 0.717) is 4.57 Å². The van der Waals surface area contributed by atoms with E-state index in [2.05, 4.69) is 4.98 Å². The molecule has 1 aliphatic carbocycles. The molecule has 114 valence electrons. The Morgan fingerprint density at radius 2 is 2.18 bits per heavy atom. The molecule has 2 aromatic rings. The number of ketones is 2. The van der Waals surface area contributed by atoms with E-state index in [1.165, 1.54) is 25.1 Å². The minimum Gasteiger partial charge on any atom is -0.398 e. The Bertz CT molecular complexity index is 1120. The highest BCUT2D eigenvalue weighted by Gasteiger charge is 2.41. The normalized spacial score (nSPS) is 32.1. The van der Waals surface area contributed by atoms with Crippen LogP contribution < -0.4 is 11.3 Å². The second kappa shape index (κ2) is 4.76. The molecule has 0 spiro atoms. The second-order valence-corrected chi connectivity index (χ2v) is 5.02. The summed E-state index contributed by atoms with van der Waals surface area (Å²) in [5.41, 5.74) is 1.44. The first-order chi connectivity index (χ1) is 13.1. The zero-order valence-corrected chi connectivity index (χ0v) is 11.6. The minimum atomic E-state index is -3.59. The van der Waals surface area contributed by atoms with Gasteiger partial charge in [0.1, 0.15) is 17.1 Å². The van der Waals surface area contributed by atoms with Gasteiger partial charge in [-0.05, 0) is 32.3 Å². The first-order valence-electron chi connectivity index (χ1n) is 9.97. The highest BCUT2D eigenvalue weighted by molar-refractivity contribution is 6.05. The van der Waals surface area contributed by atoms with Crippen LogP contribution in [0.3, 0.4) is 0 Å². The summed E-state index contributed by atoms with van der Waals surface area (Å²) in [4.78, 5) is 42.5. The number of fused-ring (bicyclic) bond motifs is 1. The fourth-order valence-electron chi connectivity index (χ4n) is 2.49. The number of nitrogens with zero attached hydrogens (tertiary/aromatic N) is 2. The molecule has 0 amide bonds. The molecule has 0 aliphatic heterocycles. The molecule has 1 aliphatic rings. The van der Waals surface area contributed by atoms with E-state index in [0.717, 1.165) is 0 Å². The first-order valence-corrected chi connectivity index (χ1v) is 6.47. The topological polar surface area (TPSA) is 95.1 Å². The van der Waals surface area contributed by atoms with Crippen LogP contribution in [-0.4, -0.2) is 21.1 Å². The number of aromatic nitrogens is 2.